The van der Waals surface area contributed by atoms with Crippen LogP contribution in [0.1, 0.15) is 35.4 Å². The zero-order valence-corrected chi connectivity index (χ0v) is 12.7. The SMILES string of the molecule is CCNC(c1cc2ccccc2o1)c1ccc(CC)s1. The fourth-order valence-corrected chi connectivity index (χ4v) is 3.47. The van der Waals surface area contributed by atoms with Crippen molar-refractivity contribution >= 4 is 22.3 Å². The van der Waals surface area contributed by atoms with Gasteiger partial charge in [-0.25, -0.2) is 0 Å². The van der Waals surface area contributed by atoms with Crippen molar-refractivity contribution in [3.8, 4) is 0 Å². The summed E-state index contributed by atoms with van der Waals surface area (Å²) < 4.78 is 6.02. The van der Waals surface area contributed by atoms with Crippen molar-refractivity contribution < 1.29 is 4.42 Å². The summed E-state index contributed by atoms with van der Waals surface area (Å²) in [6.07, 6.45) is 1.09. The molecule has 3 heteroatoms. The van der Waals surface area contributed by atoms with Gasteiger partial charge in [0.25, 0.3) is 0 Å². The van der Waals surface area contributed by atoms with E-state index in [1.807, 2.05) is 29.5 Å². The Morgan fingerprint density at radius 3 is 2.70 bits per heavy atom. The third-order valence-electron chi connectivity index (χ3n) is 3.45. The lowest BCUT2D eigenvalue weighted by atomic mass is 10.1. The molecule has 0 aliphatic heterocycles. The number of rotatable bonds is 5. The fourth-order valence-electron chi connectivity index (χ4n) is 2.43. The normalized spacial score (nSPS) is 12.9. The second-order valence-electron chi connectivity index (χ2n) is 4.83. The van der Waals surface area contributed by atoms with E-state index >= 15 is 0 Å². The number of para-hydroxylation sites is 1. The van der Waals surface area contributed by atoms with Gasteiger partial charge in [0.15, 0.2) is 0 Å². The third-order valence-corrected chi connectivity index (χ3v) is 4.75. The average Bonchev–Trinajstić information content (AvgIpc) is 3.10. The molecular formula is C17H19NOS. The summed E-state index contributed by atoms with van der Waals surface area (Å²) in [6, 6.07) is 14.9. The molecule has 1 N–H and O–H groups in total. The van der Waals surface area contributed by atoms with E-state index in [0.717, 1.165) is 29.7 Å². The summed E-state index contributed by atoms with van der Waals surface area (Å²) in [4.78, 5) is 2.74. The van der Waals surface area contributed by atoms with Gasteiger partial charge in [0.05, 0.1) is 0 Å². The Bertz CT molecular complexity index is 665. The lowest BCUT2D eigenvalue weighted by molar-refractivity contribution is 0.481. The Morgan fingerprint density at radius 2 is 2.00 bits per heavy atom. The molecule has 0 aliphatic rings. The van der Waals surface area contributed by atoms with Crippen LogP contribution in [-0.4, -0.2) is 6.54 Å². The van der Waals surface area contributed by atoms with Gasteiger partial charge in [-0.3, -0.25) is 0 Å². The number of thiophene rings is 1. The molecule has 3 aromatic rings. The minimum Gasteiger partial charge on any atom is -0.459 e. The molecular weight excluding hydrogens is 266 g/mol. The Balaban J connectivity index is 2.00. The fraction of sp³-hybridized carbons (Fsp3) is 0.294. The first-order chi connectivity index (χ1) is 9.81. The van der Waals surface area contributed by atoms with Crippen molar-refractivity contribution in [3.63, 3.8) is 0 Å². The topological polar surface area (TPSA) is 25.2 Å². The number of aryl methyl sites for hydroxylation is 1. The average molecular weight is 285 g/mol. The zero-order chi connectivity index (χ0) is 13.9. The lowest BCUT2D eigenvalue weighted by Gasteiger charge is -2.13. The molecule has 0 saturated heterocycles. The molecule has 104 valence electrons. The first-order valence-electron chi connectivity index (χ1n) is 7.12. The number of furan rings is 1. The summed E-state index contributed by atoms with van der Waals surface area (Å²) in [7, 11) is 0. The van der Waals surface area contributed by atoms with E-state index < -0.39 is 0 Å². The molecule has 0 amide bonds. The minimum atomic E-state index is 0.151. The molecule has 0 aliphatic carbocycles. The Morgan fingerprint density at radius 1 is 1.15 bits per heavy atom. The van der Waals surface area contributed by atoms with Crippen LogP contribution >= 0.6 is 11.3 Å². The molecule has 0 radical (unpaired) electrons. The maximum absolute atomic E-state index is 6.02. The van der Waals surface area contributed by atoms with Crippen molar-refractivity contribution in [3.05, 3.63) is 58.0 Å². The molecule has 1 atom stereocenters. The maximum atomic E-state index is 6.02. The number of benzene rings is 1. The van der Waals surface area contributed by atoms with Crippen molar-refractivity contribution in [1.29, 1.82) is 0 Å². The van der Waals surface area contributed by atoms with E-state index in [1.165, 1.54) is 9.75 Å². The summed E-state index contributed by atoms with van der Waals surface area (Å²) in [5.41, 5.74) is 0.956. The van der Waals surface area contributed by atoms with Gasteiger partial charge in [0.2, 0.25) is 0 Å². The summed E-state index contributed by atoms with van der Waals surface area (Å²) >= 11 is 1.86. The van der Waals surface area contributed by atoms with Crippen LogP contribution in [-0.2, 0) is 6.42 Å². The third kappa shape index (κ3) is 2.51. The van der Waals surface area contributed by atoms with Crippen molar-refractivity contribution in [2.24, 2.45) is 0 Å². The number of hydrogen-bond acceptors (Lipinski definition) is 3. The highest BCUT2D eigenvalue weighted by Gasteiger charge is 2.19. The highest BCUT2D eigenvalue weighted by Crippen LogP contribution is 2.32. The van der Waals surface area contributed by atoms with E-state index in [-0.39, 0.29) is 6.04 Å². The molecule has 1 aromatic carbocycles. The van der Waals surface area contributed by atoms with E-state index in [4.69, 9.17) is 4.42 Å². The number of fused-ring (bicyclic) bond motifs is 1. The van der Waals surface area contributed by atoms with Gasteiger partial charge < -0.3 is 9.73 Å². The van der Waals surface area contributed by atoms with Gasteiger partial charge in [-0.05, 0) is 37.2 Å². The van der Waals surface area contributed by atoms with Gasteiger partial charge >= 0.3 is 0 Å². The molecule has 2 heterocycles. The highest BCUT2D eigenvalue weighted by atomic mass is 32.1. The van der Waals surface area contributed by atoms with Crippen molar-refractivity contribution in [1.82, 2.24) is 5.32 Å². The smallest absolute Gasteiger partial charge is 0.134 e. The second-order valence-corrected chi connectivity index (χ2v) is 6.03. The largest absolute Gasteiger partial charge is 0.459 e. The van der Waals surface area contributed by atoms with Crippen LogP contribution in [0.15, 0.2) is 46.9 Å². The predicted octanol–water partition coefficient (Wildman–Crippen LogP) is 4.76. The van der Waals surface area contributed by atoms with Gasteiger partial charge in [-0.2, -0.15) is 0 Å². The molecule has 2 nitrogen and oxygen atoms in total. The van der Waals surface area contributed by atoms with Crippen LogP contribution in [0, 0.1) is 0 Å². The number of hydrogen-bond donors (Lipinski definition) is 1. The summed E-state index contributed by atoms with van der Waals surface area (Å²) in [5, 5.41) is 4.69. The number of nitrogens with one attached hydrogen (secondary N) is 1. The molecule has 0 fully saturated rings. The van der Waals surface area contributed by atoms with E-state index in [9.17, 15) is 0 Å². The predicted molar refractivity (Wildman–Crippen MR) is 85.4 cm³/mol. The summed E-state index contributed by atoms with van der Waals surface area (Å²) in [5.74, 6) is 0.998. The van der Waals surface area contributed by atoms with E-state index in [2.05, 4.69) is 43.4 Å². The summed E-state index contributed by atoms with van der Waals surface area (Å²) in [6.45, 7) is 5.24. The van der Waals surface area contributed by atoms with Gasteiger partial charge in [-0.15, -0.1) is 11.3 Å². The molecule has 1 unspecified atom stereocenters. The second kappa shape index (κ2) is 5.81. The maximum Gasteiger partial charge on any atom is 0.134 e. The van der Waals surface area contributed by atoms with Gasteiger partial charge in [0.1, 0.15) is 17.4 Å². The Kier molecular flexibility index (Phi) is 3.90. The highest BCUT2D eigenvalue weighted by molar-refractivity contribution is 7.12. The quantitative estimate of drug-likeness (QED) is 0.731. The molecule has 20 heavy (non-hydrogen) atoms. The van der Waals surface area contributed by atoms with Crippen LogP contribution in [0.25, 0.3) is 11.0 Å². The van der Waals surface area contributed by atoms with Crippen LogP contribution < -0.4 is 5.32 Å². The zero-order valence-electron chi connectivity index (χ0n) is 11.8. The van der Waals surface area contributed by atoms with Crippen molar-refractivity contribution in [2.75, 3.05) is 6.54 Å². The minimum absolute atomic E-state index is 0.151. The molecule has 0 spiro atoms. The Labute approximate surface area is 123 Å². The van der Waals surface area contributed by atoms with Gasteiger partial charge in [-0.1, -0.05) is 32.0 Å². The first-order valence-corrected chi connectivity index (χ1v) is 7.94. The molecule has 3 rings (SSSR count). The van der Waals surface area contributed by atoms with Crippen molar-refractivity contribution in [2.45, 2.75) is 26.3 Å². The molecule has 0 saturated carbocycles. The molecule has 0 bridgehead atoms. The van der Waals surface area contributed by atoms with Crippen LogP contribution in [0.5, 0.6) is 0 Å². The van der Waals surface area contributed by atoms with Crippen LogP contribution in [0.4, 0.5) is 0 Å². The van der Waals surface area contributed by atoms with Gasteiger partial charge in [0, 0.05) is 15.1 Å². The van der Waals surface area contributed by atoms with E-state index in [0.29, 0.717) is 0 Å². The Hall–Kier alpha value is -1.58. The molecule has 2 aromatic heterocycles. The lowest BCUT2D eigenvalue weighted by Crippen LogP contribution is -2.20. The monoisotopic (exact) mass is 285 g/mol. The standard InChI is InChI=1S/C17H19NOS/c1-3-13-9-10-16(20-13)17(18-4-2)15-11-12-7-5-6-8-14(12)19-15/h5-11,17-18H,3-4H2,1-2H3. The van der Waals surface area contributed by atoms with Crippen LogP contribution in [0.2, 0.25) is 0 Å². The van der Waals surface area contributed by atoms with E-state index in [1.54, 1.807) is 0 Å². The van der Waals surface area contributed by atoms with Crippen LogP contribution in [0.3, 0.4) is 0 Å². The first kappa shape index (κ1) is 13.4.